The van der Waals surface area contributed by atoms with Crippen molar-refractivity contribution in [2.45, 2.75) is 39.8 Å². The van der Waals surface area contributed by atoms with Crippen LogP contribution >= 0.6 is 0 Å². The molecule has 0 fully saturated rings. The number of carbonyl (C=O) groups excluding carboxylic acids is 1. The molecule has 0 aliphatic heterocycles. The SMILES string of the molecule is CCOC(=O)C(Cc1ccc(OCCn2c(C)ccc2-c2ccc(OC)c(OC)c2)cc1)OCC. The zero-order chi connectivity index (χ0) is 25.2. The number of hydrogen-bond donors (Lipinski definition) is 0. The Labute approximate surface area is 207 Å². The van der Waals surface area contributed by atoms with Crippen molar-refractivity contribution in [2.24, 2.45) is 0 Å². The first-order chi connectivity index (χ1) is 17.0. The molecule has 0 saturated carbocycles. The van der Waals surface area contributed by atoms with Crippen LogP contribution in [0, 0.1) is 6.92 Å². The number of ether oxygens (including phenoxy) is 5. The Hall–Kier alpha value is -3.45. The number of rotatable bonds is 13. The van der Waals surface area contributed by atoms with E-state index in [9.17, 15) is 4.79 Å². The van der Waals surface area contributed by atoms with Gasteiger partial charge in [0.25, 0.3) is 0 Å². The van der Waals surface area contributed by atoms with Crippen LogP contribution in [-0.4, -0.2) is 50.7 Å². The topological polar surface area (TPSA) is 68.2 Å². The van der Waals surface area contributed by atoms with Gasteiger partial charge in [-0.15, -0.1) is 0 Å². The van der Waals surface area contributed by atoms with Crippen LogP contribution in [0.1, 0.15) is 25.1 Å². The van der Waals surface area contributed by atoms with Crippen LogP contribution in [0.4, 0.5) is 0 Å². The first kappa shape index (κ1) is 26.2. The van der Waals surface area contributed by atoms with Crippen LogP contribution in [0.25, 0.3) is 11.3 Å². The molecule has 3 aromatic rings. The van der Waals surface area contributed by atoms with Crippen molar-refractivity contribution in [3.8, 4) is 28.5 Å². The maximum absolute atomic E-state index is 12.1. The molecular formula is C28H35NO6. The van der Waals surface area contributed by atoms with Crippen molar-refractivity contribution in [3.63, 3.8) is 0 Å². The van der Waals surface area contributed by atoms with Gasteiger partial charge in [0.05, 0.1) is 27.4 Å². The second kappa shape index (κ2) is 12.9. The molecule has 0 aliphatic rings. The number of methoxy groups -OCH3 is 2. The molecule has 3 rings (SSSR count). The second-order valence-corrected chi connectivity index (χ2v) is 7.97. The molecule has 0 saturated heterocycles. The Morgan fingerprint density at radius 3 is 2.31 bits per heavy atom. The van der Waals surface area contributed by atoms with Crippen molar-refractivity contribution in [1.82, 2.24) is 4.57 Å². The number of aromatic nitrogens is 1. The van der Waals surface area contributed by atoms with E-state index in [-0.39, 0.29) is 5.97 Å². The normalized spacial score (nSPS) is 11.7. The van der Waals surface area contributed by atoms with E-state index in [0.717, 1.165) is 28.3 Å². The van der Waals surface area contributed by atoms with Crippen LogP contribution in [-0.2, 0) is 27.2 Å². The molecule has 2 aromatic carbocycles. The molecule has 1 heterocycles. The lowest BCUT2D eigenvalue weighted by atomic mass is 10.1. The zero-order valence-electron chi connectivity index (χ0n) is 21.2. The Morgan fingerprint density at radius 2 is 1.66 bits per heavy atom. The summed E-state index contributed by atoms with van der Waals surface area (Å²) >= 11 is 0. The number of aryl methyl sites for hydroxylation is 1. The monoisotopic (exact) mass is 481 g/mol. The minimum Gasteiger partial charge on any atom is -0.493 e. The van der Waals surface area contributed by atoms with Gasteiger partial charge in [0.1, 0.15) is 12.4 Å². The van der Waals surface area contributed by atoms with Crippen molar-refractivity contribution >= 4 is 5.97 Å². The van der Waals surface area contributed by atoms with Crippen molar-refractivity contribution in [2.75, 3.05) is 34.0 Å². The predicted molar refractivity (Wildman–Crippen MR) is 135 cm³/mol. The maximum Gasteiger partial charge on any atom is 0.335 e. The molecule has 0 radical (unpaired) electrons. The lowest BCUT2D eigenvalue weighted by Crippen LogP contribution is -2.28. The van der Waals surface area contributed by atoms with E-state index in [1.807, 2.05) is 49.4 Å². The Morgan fingerprint density at radius 1 is 0.914 bits per heavy atom. The molecule has 1 unspecified atom stereocenters. The zero-order valence-corrected chi connectivity index (χ0v) is 21.2. The van der Waals surface area contributed by atoms with Gasteiger partial charge in [-0.05, 0) is 68.8 Å². The van der Waals surface area contributed by atoms with Gasteiger partial charge in [0, 0.05) is 30.0 Å². The van der Waals surface area contributed by atoms with Crippen molar-refractivity contribution in [3.05, 3.63) is 65.9 Å². The Kier molecular flexibility index (Phi) is 9.61. The Balaban J connectivity index is 1.62. The molecule has 0 amide bonds. The average Bonchev–Trinajstić information content (AvgIpc) is 3.24. The molecule has 0 N–H and O–H groups in total. The van der Waals surface area contributed by atoms with E-state index in [0.29, 0.717) is 44.3 Å². The van der Waals surface area contributed by atoms with Gasteiger partial charge in [0.15, 0.2) is 17.6 Å². The molecule has 1 atom stereocenters. The molecule has 0 aliphatic carbocycles. The van der Waals surface area contributed by atoms with Gasteiger partial charge in [-0.1, -0.05) is 12.1 Å². The van der Waals surface area contributed by atoms with E-state index in [1.165, 1.54) is 0 Å². The summed E-state index contributed by atoms with van der Waals surface area (Å²) in [6.07, 6.45) is -0.136. The van der Waals surface area contributed by atoms with Crippen LogP contribution in [0.15, 0.2) is 54.6 Å². The molecule has 0 spiro atoms. The van der Waals surface area contributed by atoms with Gasteiger partial charge in [-0.3, -0.25) is 0 Å². The number of benzene rings is 2. The fourth-order valence-electron chi connectivity index (χ4n) is 3.95. The van der Waals surface area contributed by atoms with Gasteiger partial charge < -0.3 is 28.3 Å². The van der Waals surface area contributed by atoms with Crippen LogP contribution < -0.4 is 14.2 Å². The third-order valence-corrected chi connectivity index (χ3v) is 5.72. The first-order valence-corrected chi connectivity index (χ1v) is 11.9. The number of hydrogen-bond acceptors (Lipinski definition) is 6. The summed E-state index contributed by atoms with van der Waals surface area (Å²) in [5.41, 5.74) is 4.27. The highest BCUT2D eigenvalue weighted by Crippen LogP contribution is 2.33. The van der Waals surface area contributed by atoms with E-state index >= 15 is 0 Å². The summed E-state index contributed by atoms with van der Waals surface area (Å²) in [7, 11) is 3.27. The van der Waals surface area contributed by atoms with Crippen molar-refractivity contribution < 1.29 is 28.5 Å². The van der Waals surface area contributed by atoms with E-state index in [4.69, 9.17) is 23.7 Å². The van der Waals surface area contributed by atoms with E-state index in [1.54, 1.807) is 21.1 Å². The maximum atomic E-state index is 12.1. The van der Waals surface area contributed by atoms with Crippen molar-refractivity contribution in [1.29, 1.82) is 0 Å². The molecule has 0 bridgehead atoms. The lowest BCUT2D eigenvalue weighted by molar-refractivity contribution is -0.156. The highest BCUT2D eigenvalue weighted by Gasteiger charge is 2.20. The summed E-state index contributed by atoms with van der Waals surface area (Å²) < 4.78 is 29.7. The lowest BCUT2D eigenvalue weighted by Gasteiger charge is -2.16. The van der Waals surface area contributed by atoms with Crippen LogP contribution in [0.2, 0.25) is 0 Å². The fraction of sp³-hybridized carbons (Fsp3) is 0.393. The summed E-state index contributed by atoms with van der Waals surface area (Å²) in [5, 5.41) is 0. The average molecular weight is 482 g/mol. The predicted octanol–water partition coefficient (Wildman–Crippen LogP) is 5.07. The number of nitrogens with zero attached hydrogens (tertiary/aromatic N) is 1. The molecule has 7 nitrogen and oxygen atoms in total. The summed E-state index contributed by atoms with van der Waals surface area (Å²) in [6, 6.07) is 17.9. The summed E-state index contributed by atoms with van der Waals surface area (Å²) in [5.74, 6) is 1.84. The van der Waals surface area contributed by atoms with Gasteiger partial charge >= 0.3 is 5.97 Å². The molecular weight excluding hydrogens is 446 g/mol. The third-order valence-electron chi connectivity index (χ3n) is 5.72. The molecule has 7 heteroatoms. The first-order valence-electron chi connectivity index (χ1n) is 11.9. The second-order valence-electron chi connectivity index (χ2n) is 7.97. The summed E-state index contributed by atoms with van der Waals surface area (Å²) in [6.45, 7) is 7.74. The van der Waals surface area contributed by atoms with Crippen LogP contribution in [0.3, 0.4) is 0 Å². The number of carbonyl (C=O) groups is 1. The van der Waals surface area contributed by atoms with Gasteiger partial charge in [0.2, 0.25) is 0 Å². The standard InChI is InChI=1S/C28H35NO6/c1-6-33-27(28(30)34-7-2)18-21-9-12-23(13-10-21)35-17-16-29-20(3)8-14-24(29)22-11-15-25(31-4)26(19-22)32-5/h8-15,19,27H,6-7,16-18H2,1-5H3. The Bertz CT molecular complexity index is 1090. The van der Waals surface area contributed by atoms with Gasteiger partial charge in [-0.25, -0.2) is 4.79 Å². The highest BCUT2D eigenvalue weighted by atomic mass is 16.6. The fourth-order valence-corrected chi connectivity index (χ4v) is 3.95. The number of esters is 1. The highest BCUT2D eigenvalue weighted by molar-refractivity contribution is 5.75. The smallest absolute Gasteiger partial charge is 0.335 e. The third kappa shape index (κ3) is 6.79. The molecule has 1 aromatic heterocycles. The van der Waals surface area contributed by atoms with E-state index in [2.05, 4.69) is 23.6 Å². The molecule has 35 heavy (non-hydrogen) atoms. The largest absolute Gasteiger partial charge is 0.493 e. The van der Waals surface area contributed by atoms with Gasteiger partial charge in [-0.2, -0.15) is 0 Å². The molecule has 188 valence electrons. The summed E-state index contributed by atoms with van der Waals surface area (Å²) in [4.78, 5) is 12.1. The quantitative estimate of drug-likeness (QED) is 0.318. The minimum atomic E-state index is -0.599. The van der Waals surface area contributed by atoms with Crippen LogP contribution in [0.5, 0.6) is 17.2 Å². The minimum absolute atomic E-state index is 0.331. The van der Waals surface area contributed by atoms with E-state index < -0.39 is 6.10 Å².